The van der Waals surface area contributed by atoms with Crippen LogP contribution in [-0.4, -0.2) is 18.8 Å². The predicted molar refractivity (Wildman–Crippen MR) is 74.9 cm³/mol. The molecule has 19 heavy (non-hydrogen) atoms. The van der Waals surface area contributed by atoms with E-state index >= 15 is 0 Å². The lowest BCUT2D eigenvalue weighted by Crippen LogP contribution is -2.64. The summed E-state index contributed by atoms with van der Waals surface area (Å²) >= 11 is 0. The SMILES string of the molecule is CCOC1CC(Nc2ccc(C)c(F)c2)C12CCC2. The minimum Gasteiger partial charge on any atom is -0.381 e. The molecule has 1 N–H and O–H groups in total. The Balaban J connectivity index is 1.69. The van der Waals surface area contributed by atoms with Gasteiger partial charge in [-0.2, -0.15) is 0 Å². The van der Waals surface area contributed by atoms with Gasteiger partial charge in [0.25, 0.3) is 0 Å². The third-order valence-electron chi connectivity index (χ3n) is 4.95. The molecule has 2 saturated carbocycles. The molecule has 2 nitrogen and oxygen atoms in total. The first-order chi connectivity index (χ1) is 9.15. The maximum absolute atomic E-state index is 13.6. The minimum absolute atomic E-state index is 0.131. The quantitative estimate of drug-likeness (QED) is 0.889. The van der Waals surface area contributed by atoms with Crippen LogP contribution in [0.1, 0.15) is 38.2 Å². The molecule has 3 heteroatoms. The number of benzene rings is 1. The van der Waals surface area contributed by atoms with Crippen LogP contribution in [0.4, 0.5) is 10.1 Å². The molecule has 1 aromatic carbocycles. The van der Waals surface area contributed by atoms with Crippen LogP contribution < -0.4 is 5.32 Å². The number of halogens is 1. The van der Waals surface area contributed by atoms with Crippen LogP contribution >= 0.6 is 0 Å². The van der Waals surface area contributed by atoms with Crippen LogP contribution in [0.5, 0.6) is 0 Å². The van der Waals surface area contributed by atoms with Crippen molar-refractivity contribution in [2.45, 2.75) is 51.7 Å². The molecule has 2 unspecified atom stereocenters. The Bertz CT molecular complexity index is 470. The molecule has 0 amide bonds. The van der Waals surface area contributed by atoms with Gasteiger partial charge in [-0.3, -0.25) is 0 Å². The summed E-state index contributed by atoms with van der Waals surface area (Å²) in [5.74, 6) is -0.131. The minimum atomic E-state index is -0.131. The second-order valence-electron chi connectivity index (χ2n) is 5.93. The molecule has 2 fully saturated rings. The van der Waals surface area contributed by atoms with Crippen molar-refractivity contribution >= 4 is 5.69 Å². The summed E-state index contributed by atoms with van der Waals surface area (Å²) in [5, 5.41) is 3.51. The summed E-state index contributed by atoms with van der Waals surface area (Å²) in [6, 6.07) is 5.86. The largest absolute Gasteiger partial charge is 0.381 e. The first-order valence-electron chi connectivity index (χ1n) is 7.30. The van der Waals surface area contributed by atoms with Gasteiger partial charge in [0.05, 0.1) is 6.10 Å². The molecule has 2 aliphatic rings. The highest BCUT2D eigenvalue weighted by Gasteiger charge is 2.58. The first kappa shape index (κ1) is 12.9. The number of anilines is 1. The zero-order valence-corrected chi connectivity index (χ0v) is 11.7. The number of ether oxygens (including phenoxy) is 1. The molecule has 2 atom stereocenters. The van der Waals surface area contributed by atoms with Crippen molar-refractivity contribution < 1.29 is 9.13 Å². The van der Waals surface area contributed by atoms with Crippen molar-refractivity contribution in [2.24, 2.45) is 5.41 Å². The normalized spacial score (nSPS) is 27.7. The van der Waals surface area contributed by atoms with Crippen molar-refractivity contribution in [3.63, 3.8) is 0 Å². The van der Waals surface area contributed by atoms with Crippen LogP contribution in [0.2, 0.25) is 0 Å². The lowest BCUT2D eigenvalue weighted by molar-refractivity contribution is -0.157. The summed E-state index contributed by atoms with van der Waals surface area (Å²) in [6.07, 6.45) is 5.22. The van der Waals surface area contributed by atoms with Gasteiger partial charge in [-0.1, -0.05) is 12.5 Å². The Morgan fingerprint density at radius 2 is 2.21 bits per heavy atom. The summed E-state index contributed by atoms with van der Waals surface area (Å²) in [7, 11) is 0. The summed E-state index contributed by atoms with van der Waals surface area (Å²) in [4.78, 5) is 0. The van der Waals surface area contributed by atoms with E-state index in [2.05, 4.69) is 12.2 Å². The van der Waals surface area contributed by atoms with Crippen molar-refractivity contribution in [1.29, 1.82) is 0 Å². The number of nitrogens with one attached hydrogen (secondary N) is 1. The third kappa shape index (κ3) is 2.04. The Labute approximate surface area is 114 Å². The molecule has 0 saturated heterocycles. The number of rotatable bonds is 4. The zero-order valence-electron chi connectivity index (χ0n) is 11.7. The molecule has 0 radical (unpaired) electrons. The van der Waals surface area contributed by atoms with E-state index in [0.29, 0.717) is 23.1 Å². The molecule has 1 spiro atoms. The van der Waals surface area contributed by atoms with Crippen molar-refractivity contribution in [1.82, 2.24) is 0 Å². The zero-order chi connectivity index (χ0) is 13.5. The van der Waals surface area contributed by atoms with Crippen LogP contribution in [0.15, 0.2) is 18.2 Å². The summed E-state index contributed by atoms with van der Waals surface area (Å²) in [6.45, 7) is 4.64. The van der Waals surface area contributed by atoms with Gasteiger partial charge in [0, 0.05) is 23.8 Å². The lowest BCUT2D eigenvalue weighted by Gasteiger charge is -2.61. The third-order valence-corrected chi connectivity index (χ3v) is 4.95. The molecule has 1 aromatic rings. The molecule has 104 valence electrons. The van der Waals surface area contributed by atoms with E-state index in [1.165, 1.54) is 19.3 Å². The molecule has 3 rings (SSSR count). The second-order valence-corrected chi connectivity index (χ2v) is 5.93. The highest BCUT2D eigenvalue weighted by atomic mass is 19.1. The van der Waals surface area contributed by atoms with Crippen molar-refractivity contribution in [3.8, 4) is 0 Å². The maximum atomic E-state index is 13.6. The Morgan fingerprint density at radius 3 is 2.79 bits per heavy atom. The van der Waals surface area contributed by atoms with E-state index in [1.807, 2.05) is 12.1 Å². The monoisotopic (exact) mass is 263 g/mol. The van der Waals surface area contributed by atoms with Crippen LogP contribution in [0, 0.1) is 18.2 Å². The average Bonchev–Trinajstić information content (AvgIpc) is 2.30. The van der Waals surface area contributed by atoms with Gasteiger partial charge in [-0.05, 0) is 50.8 Å². The molecule has 0 bridgehead atoms. The van der Waals surface area contributed by atoms with E-state index in [9.17, 15) is 4.39 Å². The van der Waals surface area contributed by atoms with Crippen LogP contribution in [0.25, 0.3) is 0 Å². The maximum Gasteiger partial charge on any atom is 0.128 e. The Kier molecular flexibility index (Phi) is 3.25. The van der Waals surface area contributed by atoms with Crippen molar-refractivity contribution in [3.05, 3.63) is 29.6 Å². The molecule has 2 aliphatic carbocycles. The average molecular weight is 263 g/mol. The Hall–Kier alpha value is -1.09. The van der Waals surface area contributed by atoms with Gasteiger partial charge < -0.3 is 10.1 Å². The molecule has 0 heterocycles. The summed E-state index contributed by atoms with van der Waals surface area (Å²) in [5.41, 5.74) is 1.91. The molecular formula is C16H22FNO. The molecule has 0 aliphatic heterocycles. The van der Waals surface area contributed by atoms with E-state index in [-0.39, 0.29) is 5.82 Å². The fourth-order valence-electron chi connectivity index (χ4n) is 3.52. The van der Waals surface area contributed by atoms with Gasteiger partial charge in [0.15, 0.2) is 0 Å². The van der Waals surface area contributed by atoms with Crippen molar-refractivity contribution in [2.75, 3.05) is 11.9 Å². The highest BCUT2D eigenvalue weighted by Crippen LogP contribution is 2.58. The van der Waals surface area contributed by atoms with E-state index in [4.69, 9.17) is 4.74 Å². The standard InChI is InChI=1S/C16H22FNO/c1-3-19-15-10-14(16(15)7-4-8-16)18-12-6-5-11(2)13(17)9-12/h5-6,9,14-15,18H,3-4,7-8,10H2,1-2H3. The van der Waals surface area contributed by atoms with Gasteiger partial charge in [-0.25, -0.2) is 4.39 Å². The van der Waals surface area contributed by atoms with E-state index in [1.54, 1.807) is 13.0 Å². The van der Waals surface area contributed by atoms with Gasteiger partial charge in [0.1, 0.15) is 5.82 Å². The fraction of sp³-hybridized carbons (Fsp3) is 0.625. The van der Waals surface area contributed by atoms with E-state index < -0.39 is 0 Å². The van der Waals surface area contributed by atoms with Crippen LogP contribution in [0.3, 0.4) is 0 Å². The molecule has 0 aromatic heterocycles. The smallest absolute Gasteiger partial charge is 0.128 e. The lowest BCUT2D eigenvalue weighted by atomic mass is 9.51. The van der Waals surface area contributed by atoms with Crippen LogP contribution in [-0.2, 0) is 4.74 Å². The number of aryl methyl sites for hydroxylation is 1. The number of hydrogen-bond acceptors (Lipinski definition) is 2. The van der Waals surface area contributed by atoms with Gasteiger partial charge >= 0.3 is 0 Å². The predicted octanol–water partition coefficient (Wildman–Crippen LogP) is 3.89. The van der Waals surface area contributed by atoms with Gasteiger partial charge in [0.2, 0.25) is 0 Å². The summed E-state index contributed by atoms with van der Waals surface area (Å²) < 4.78 is 19.4. The molecular weight excluding hydrogens is 241 g/mol. The Morgan fingerprint density at radius 1 is 1.42 bits per heavy atom. The fourth-order valence-corrected chi connectivity index (χ4v) is 3.52. The highest BCUT2D eigenvalue weighted by molar-refractivity contribution is 5.47. The van der Waals surface area contributed by atoms with E-state index in [0.717, 1.165) is 18.7 Å². The first-order valence-corrected chi connectivity index (χ1v) is 7.30. The number of hydrogen-bond donors (Lipinski definition) is 1. The second kappa shape index (κ2) is 4.78. The van der Waals surface area contributed by atoms with Gasteiger partial charge in [-0.15, -0.1) is 0 Å². The topological polar surface area (TPSA) is 21.3 Å².